The highest BCUT2D eigenvalue weighted by Gasteiger charge is 2.16. The summed E-state index contributed by atoms with van der Waals surface area (Å²) in [7, 11) is 1.52. The van der Waals surface area contributed by atoms with Gasteiger partial charge in [-0.2, -0.15) is 0 Å². The maximum Gasteiger partial charge on any atom is 0.272 e. The minimum Gasteiger partial charge on any atom is -0.495 e. The number of hydrogen-bond donors (Lipinski definition) is 4. The smallest absolute Gasteiger partial charge is 0.272 e. The van der Waals surface area contributed by atoms with Gasteiger partial charge in [0.1, 0.15) is 11.4 Å². The number of para-hydroxylation sites is 1. The highest BCUT2D eigenvalue weighted by molar-refractivity contribution is 8.00. The molecule has 0 bridgehead atoms. The summed E-state index contributed by atoms with van der Waals surface area (Å²) in [6, 6.07) is 28.5. The van der Waals surface area contributed by atoms with Crippen LogP contribution >= 0.6 is 23.4 Å². The third kappa shape index (κ3) is 7.65. The topological polar surface area (TPSA) is 112 Å². The first-order valence-corrected chi connectivity index (χ1v) is 14.6. The van der Waals surface area contributed by atoms with Crippen molar-refractivity contribution < 1.29 is 19.1 Å². The molecule has 1 aromatic heterocycles. The van der Waals surface area contributed by atoms with Crippen LogP contribution < -0.4 is 20.7 Å². The molecule has 0 spiro atoms. The Morgan fingerprint density at radius 1 is 0.884 bits per heavy atom. The molecule has 1 heterocycles. The summed E-state index contributed by atoms with van der Waals surface area (Å²) in [4.78, 5) is 43.0. The number of amides is 3. The number of methoxy groups -OCH3 is 1. The number of carbonyl (C=O) groups excluding carboxylic acids is 3. The maximum atomic E-state index is 13.5. The Balaban J connectivity index is 1.29. The SMILES string of the molecule is COc1ccc(NC(=O)CSc2cccc(NC(=O)/C(=C/c3c[nH]c4ccccc34)NC(=O)c3ccccc3)c2)cc1Cl. The number of carbonyl (C=O) groups is 3. The zero-order chi connectivity index (χ0) is 30.2. The molecule has 4 aromatic carbocycles. The second-order valence-electron chi connectivity index (χ2n) is 9.34. The number of H-pyrrole nitrogens is 1. The fourth-order valence-corrected chi connectivity index (χ4v) is 5.28. The van der Waals surface area contributed by atoms with Gasteiger partial charge < -0.3 is 25.7 Å². The molecule has 0 saturated carbocycles. The minimum atomic E-state index is -0.495. The summed E-state index contributed by atoms with van der Waals surface area (Å²) in [5.41, 5.74) is 3.23. The third-order valence-electron chi connectivity index (χ3n) is 6.35. The normalized spacial score (nSPS) is 11.2. The number of ether oxygens (including phenoxy) is 1. The van der Waals surface area contributed by atoms with Crippen molar-refractivity contribution in [3.05, 3.63) is 125 Å². The van der Waals surface area contributed by atoms with Crippen LogP contribution in [0.15, 0.2) is 114 Å². The first kappa shape index (κ1) is 29.5. The van der Waals surface area contributed by atoms with E-state index in [0.717, 1.165) is 21.4 Å². The second-order valence-corrected chi connectivity index (χ2v) is 10.8. The Hall–Kier alpha value is -4.99. The maximum absolute atomic E-state index is 13.5. The predicted octanol–water partition coefficient (Wildman–Crippen LogP) is 6.97. The van der Waals surface area contributed by atoms with Gasteiger partial charge in [0, 0.05) is 44.5 Å². The van der Waals surface area contributed by atoms with Gasteiger partial charge in [0.05, 0.1) is 17.9 Å². The van der Waals surface area contributed by atoms with E-state index in [1.54, 1.807) is 72.9 Å². The van der Waals surface area contributed by atoms with Gasteiger partial charge in [0.15, 0.2) is 0 Å². The molecule has 10 heteroatoms. The van der Waals surface area contributed by atoms with Gasteiger partial charge in [0.25, 0.3) is 11.8 Å². The van der Waals surface area contributed by atoms with Gasteiger partial charge in [-0.05, 0) is 60.7 Å². The van der Waals surface area contributed by atoms with Crippen molar-refractivity contribution in [3.63, 3.8) is 0 Å². The van der Waals surface area contributed by atoms with E-state index < -0.39 is 11.8 Å². The first-order chi connectivity index (χ1) is 20.9. The Labute approximate surface area is 257 Å². The molecule has 0 saturated heterocycles. The van der Waals surface area contributed by atoms with Gasteiger partial charge in [0.2, 0.25) is 5.91 Å². The van der Waals surface area contributed by atoms with E-state index in [-0.39, 0.29) is 17.4 Å². The van der Waals surface area contributed by atoms with E-state index in [9.17, 15) is 14.4 Å². The van der Waals surface area contributed by atoms with E-state index in [1.807, 2.05) is 36.4 Å². The standard InChI is InChI=1S/C33H27ClN4O4S/c1-42-30-15-14-24(18-27(30)34)36-31(39)20-43-25-11-7-10-23(17-25)37-33(41)29(38-32(40)21-8-3-2-4-9-21)16-22-19-35-28-13-6-5-12-26(22)28/h2-19,35H,20H2,1H3,(H,36,39)(H,37,41)(H,38,40)/b29-16-. The predicted molar refractivity (Wildman–Crippen MR) is 173 cm³/mol. The van der Waals surface area contributed by atoms with Gasteiger partial charge in [-0.25, -0.2) is 0 Å². The summed E-state index contributed by atoms with van der Waals surface area (Å²) in [5, 5.41) is 9.76. The van der Waals surface area contributed by atoms with E-state index in [1.165, 1.54) is 18.9 Å². The van der Waals surface area contributed by atoms with Crippen LogP contribution in [0.25, 0.3) is 17.0 Å². The third-order valence-corrected chi connectivity index (χ3v) is 7.64. The Kier molecular flexibility index (Phi) is 9.46. The van der Waals surface area contributed by atoms with Crippen molar-refractivity contribution in [2.75, 3.05) is 23.5 Å². The highest BCUT2D eigenvalue weighted by Crippen LogP contribution is 2.28. The van der Waals surface area contributed by atoms with Crippen molar-refractivity contribution in [2.45, 2.75) is 4.90 Å². The van der Waals surface area contributed by atoms with E-state index in [4.69, 9.17) is 16.3 Å². The number of anilines is 2. The van der Waals surface area contributed by atoms with Gasteiger partial charge in [-0.3, -0.25) is 14.4 Å². The molecule has 43 heavy (non-hydrogen) atoms. The largest absolute Gasteiger partial charge is 0.495 e. The van der Waals surface area contributed by atoms with Crippen LogP contribution in [0.1, 0.15) is 15.9 Å². The zero-order valence-corrected chi connectivity index (χ0v) is 24.6. The van der Waals surface area contributed by atoms with Crippen LogP contribution in [-0.2, 0) is 9.59 Å². The van der Waals surface area contributed by atoms with Crippen LogP contribution in [0.4, 0.5) is 11.4 Å². The number of rotatable bonds is 10. The molecule has 0 unspecified atom stereocenters. The number of thioether (sulfide) groups is 1. The molecule has 4 N–H and O–H groups in total. The average Bonchev–Trinajstić information content (AvgIpc) is 3.43. The molecule has 8 nitrogen and oxygen atoms in total. The first-order valence-electron chi connectivity index (χ1n) is 13.2. The van der Waals surface area contributed by atoms with Gasteiger partial charge in [-0.15, -0.1) is 11.8 Å². The fraction of sp³-hybridized carbons (Fsp3) is 0.0606. The average molecular weight is 611 g/mol. The summed E-state index contributed by atoms with van der Waals surface area (Å²) < 4.78 is 5.14. The Bertz CT molecular complexity index is 1820. The van der Waals surface area contributed by atoms with Crippen molar-refractivity contribution in [1.82, 2.24) is 10.3 Å². The molecule has 216 valence electrons. The second kappa shape index (κ2) is 13.8. The molecule has 3 amide bonds. The number of aromatic amines is 1. The summed E-state index contributed by atoms with van der Waals surface area (Å²) in [6.07, 6.45) is 3.43. The van der Waals surface area contributed by atoms with Crippen molar-refractivity contribution in [1.29, 1.82) is 0 Å². The Morgan fingerprint density at radius 2 is 1.65 bits per heavy atom. The summed E-state index contributed by atoms with van der Waals surface area (Å²) in [5.74, 6) is -0.457. The lowest BCUT2D eigenvalue weighted by atomic mass is 10.1. The van der Waals surface area contributed by atoms with Crippen molar-refractivity contribution >= 4 is 69.4 Å². The molecule has 5 aromatic rings. The van der Waals surface area contributed by atoms with Crippen molar-refractivity contribution in [2.24, 2.45) is 0 Å². The molecular weight excluding hydrogens is 584 g/mol. The molecule has 0 aliphatic rings. The highest BCUT2D eigenvalue weighted by atomic mass is 35.5. The molecule has 0 radical (unpaired) electrons. The van der Waals surface area contributed by atoms with Crippen LogP contribution in [0.2, 0.25) is 5.02 Å². The molecular formula is C33H27ClN4O4S. The van der Waals surface area contributed by atoms with E-state index in [2.05, 4.69) is 20.9 Å². The van der Waals surface area contributed by atoms with Crippen LogP contribution in [0.5, 0.6) is 5.75 Å². The zero-order valence-electron chi connectivity index (χ0n) is 23.0. The molecule has 0 aliphatic carbocycles. The number of halogens is 1. The quantitative estimate of drug-likeness (QED) is 0.101. The monoisotopic (exact) mass is 610 g/mol. The Morgan fingerprint density at radius 3 is 2.44 bits per heavy atom. The molecule has 5 rings (SSSR count). The number of nitrogens with one attached hydrogen (secondary N) is 4. The van der Waals surface area contributed by atoms with Crippen LogP contribution in [-0.4, -0.2) is 35.6 Å². The summed E-state index contributed by atoms with van der Waals surface area (Å²) in [6.45, 7) is 0. The van der Waals surface area contributed by atoms with Gasteiger partial charge in [-0.1, -0.05) is 54.1 Å². The van der Waals surface area contributed by atoms with Gasteiger partial charge >= 0.3 is 0 Å². The lowest BCUT2D eigenvalue weighted by molar-refractivity contribution is -0.114. The lowest BCUT2D eigenvalue weighted by Gasteiger charge is -2.12. The molecule has 0 fully saturated rings. The van der Waals surface area contributed by atoms with Crippen LogP contribution in [0, 0.1) is 0 Å². The van der Waals surface area contributed by atoms with Crippen molar-refractivity contribution in [3.8, 4) is 5.75 Å². The number of aromatic nitrogens is 1. The van der Waals surface area contributed by atoms with Crippen LogP contribution in [0.3, 0.4) is 0 Å². The van der Waals surface area contributed by atoms with E-state index >= 15 is 0 Å². The molecule has 0 aliphatic heterocycles. The van der Waals surface area contributed by atoms with E-state index in [0.29, 0.717) is 27.7 Å². The minimum absolute atomic E-state index is 0.0780. The fourth-order valence-electron chi connectivity index (χ4n) is 4.26. The number of benzene rings is 4. The lowest BCUT2D eigenvalue weighted by Crippen LogP contribution is -2.30. The number of hydrogen-bond acceptors (Lipinski definition) is 5. The number of fused-ring (bicyclic) bond motifs is 1. The molecule has 0 atom stereocenters. The summed E-state index contributed by atoms with van der Waals surface area (Å²) >= 11 is 7.46.